The first-order chi connectivity index (χ1) is 15.2. The summed E-state index contributed by atoms with van der Waals surface area (Å²) in [5.41, 5.74) is 3.41. The molecule has 0 saturated carbocycles. The molecule has 4 rings (SSSR count). The molecule has 0 N–H and O–H groups in total. The normalized spacial score (nSPS) is 12.1. The number of imidazole rings is 1. The minimum atomic E-state index is -3.25. The second-order valence-corrected chi connectivity index (χ2v) is 10.9. The zero-order valence-electron chi connectivity index (χ0n) is 18.3. The van der Waals surface area contributed by atoms with Gasteiger partial charge in [-0.25, -0.2) is 13.4 Å². The van der Waals surface area contributed by atoms with Crippen molar-refractivity contribution in [3.05, 3.63) is 102 Å². The van der Waals surface area contributed by atoms with Crippen LogP contribution in [0.2, 0.25) is 5.02 Å². The molecular formula is C26H25ClN2O2S. The van der Waals surface area contributed by atoms with E-state index in [1.54, 1.807) is 31.3 Å². The van der Waals surface area contributed by atoms with Crippen molar-refractivity contribution in [2.24, 2.45) is 0 Å². The third kappa shape index (κ3) is 4.10. The molecule has 164 valence electrons. The highest BCUT2D eigenvalue weighted by atomic mass is 35.5. The van der Waals surface area contributed by atoms with E-state index in [1.807, 2.05) is 60.8 Å². The number of hydrogen-bond donors (Lipinski definition) is 0. The maximum Gasteiger partial charge on any atom is 0.178 e. The first-order valence-electron chi connectivity index (χ1n) is 10.5. The molecule has 6 heteroatoms. The number of aromatic nitrogens is 2. The van der Waals surface area contributed by atoms with Crippen LogP contribution in [-0.4, -0.2) is 23.7 Å². The third-order valence-corrected chi connectivity index (χ3v) is 7.86. The van der Waals surface area contributed by atoms with Gasteiger partial charge < -0.3 is 4.57 Å². The van der Waals surface area contributed by atoms with Crippen molar-refractivity contribution in [3.63, 3.8) is 0 Å². The number of halogens is 1. The summed E-state index contributed by atoms with van der Waals surface area (Å²) in [5.74, 6) is 0.967. The first-order valence-corrected chi connectivity index (χ1v) is 12.5. The van der Waals surface area contributed by atoms with Crippen LogP contribution in [0.1, 0.15) is 32.2 Å². The number of nitrogens with zero attached hydrogens (tertiary/aromatic N) is 2. The van der Waals surface area contributed by atoms with E-state index in [0.29, 0.717) is 9.92 Å². The number of hydrogen-bond acceptors (Lipinski definition) is 3. The molecule has 0 radical (unpaired) electrons. The molecule has 3 aromatic carbocycles. The van der Waals surface area contributed by atoms with Gasteiger partial charge in [-0.1, -0.05) is 61.0 Å². The average Bonchev–Trinajstić information content (AvgIpc) is 3.30. The Bertz CT molecular complexity index is 1360. The molecule has 32 heavy (non-hydrogen) atoms. The second-order valence-electron chi connectivity index (χ2n) is 8.20. The highest BCUT2D eigenvalue weighted by molar-refractivity contribution is 7.91. The van der Waals surface area contributed by atoms with Gasteiger partial charge >= 0.3 is 0 Å². The van der Waals surface area contributed by atoms with Crippen LogP contribution in [0.25, 0.3) is 16.8 Å². The quantitative estimate of drug-likeness (QED) is 0.336. The van der Waals surface area contributed by atoms with Gasteiger partial charge in [0.15, 0.2) is 9.84 Å². The maximum absolute atomic E-state index is 12.2. The Kier molecular flexibility index (Phi) is 5.97. The van der Waals surface area contributed by atoms with Gasteiger partial charge in [0.05, 0.1) is 10.6 Å². The zero-order valence-corrected chi connectivity index (χ0v) is 19.9. The van der Waals surface area contributed by atoms with E-state index in [9.17, 15) is 8.42 Å². The molecule has 0 spiro atoms. The van der Waals surface area contributed by atoms with Gasteiger partial charge in [0.2, 0.25) is 0 Å². The molecule has 0 amide bonds. The highest BCUT2D eigenvalue weighted by Gasteiger charge is 2.30. The molecule has 0 aliphatic rings. The summed E-state index contributed by atoms with van der Waals surface area (Å²) in [6.45, 7) is 5.88. The van der Waals surface area contributed by atoms with E-state index in [2.05, 4.69) is 23.4 Å². The molecule has 0 unspecified atom stereocenters. The predicted octanol–water partition coefficient (Wildman–Crippen LogP) is 6.31. The standard InChI is InChI=1S/C26H25ClN2O2S/c1-4-32(30,31)22-9-7-8-20(18-22)19-12-14-21(15-13-19)29-17-16-28-25(29)26(2,3)23-10-5-6-11-24(23)27/h5-18H,4H2,1-3H3. The molecule has 0 fully saturated rings. The lowest BCUT2D eigenvalue weighted by Gasteiger charge is -2.27. The van der Waals surface area contributed by atoms with Crippen molar-refractivity contribution in [2.75, 3.05) is 5.75 Å². The van der Waals surface area contributed by atoms with Gasteiger partial charge in [0, 0.05) is 28.5 Å². The van der Waals surface area contributed by atoms with E-state index in [-0.39, 0.29) is 5.75 Å². The van der Waals surface area contributed by atoms with Crippen LogP contribution in [0.3, 0.4) is 0 Å². The number of benzene rings is 3. The fourth-order valence-electron chi connectivity index (χ4n) is 3.91. The van der Waals surface area contributed by atoms with Gasteiger partial charge in [0.25, 0.3) is 0 Å². The Morgan fingerprint density at radius 2 is 1.66 bits per heavy atom. The molecule has 0 aliphatic heterocycles. The molecule has 1 aromatic heterocycles. The van der Waals surface area contributed by atoms with E-state index >= 15 is 0 Å². The summed E-state index contributed by atoms with van der Waals surface area (Å²) in [6, 6.07) is 23.0. The van der Waals surface area contributed by atoms with Crippen molar-refractivity contribution in [3.8, 4) is 16.8 Å². The van der Waals surface area contributed by atoms with Crippen molar-refractivity contribution >= 4 is 21.4 Å². The van der Waals surface area contributed by atoms with E-state index in [4.69, 9.17) is 11.6 Å². The minimum absolute atomic E-state index is 0.0833. The highest BCUT2D eigenvalue weighted by Crippen LogP contribution is 2.36. The van der Waals surface area contributed by atoms with Gasteiger partial charge in [-0.2, -0.15) is 0 Å². The lowest BCUT2D eigenvalue weighted by molar-refractivity contribution is 0.579. The summed E-state index contributed by atoms with van der Waals surface area (Å²) in [5, 5.41) is 0.712. The summed E-state index contributed by atoms with van der Waals surface area (Å²) in [6.07, 6.45) is 3.73. The average molecular weight is 465 g/mol. The zero-order chi connectivity index (χ0) is 22.9. The molecule has 0 saturated heterocycles. The van der Waals surface area contributed by atoms with Crippen LogP contribution in [-0.2, 0) is 15.3 Å². The van der Waals surface area contributed by atoms with Crippen LogP contribution in [0.5, 0.6) is 0 Å². The lowest BCUT2D eigenvalue weighted by atomic mass is 9.83. The van der Waals surface area contributed by atoms with E-state index in [1.165, 1.54) is 0 Å². The molecule has 0 atom stereocenters. The van der Waals surface area contributed by atoms with Crippen molar-refractivity contribution in [1.82, 2.24) is 9.55 Å². The largest absolute Gasteiger partial charge is 0.303 e. The topological polar surface area (TPSA) is 52.0 Å². The number of rotatable bonds is 6. The second kappa shape index (κ2) is 8.57. The fourth-order valence-corrected chi connectivity index (χ4v) is 5.21. The SMILES string of the molecule is CCS(=O)(=O)c1cccc(-c2ccc(-n3ccnc3C(C)(C)c3ccccc3Cl)cc2)c1. The summed E-state index contributed by atoms with van der Waals surface area (Å²) >= 11 is 6.49. The molecule has 1 heterocycles. The van der Waals surface area contributed by atoms with Crippen LogP contribution in [0.4, 0.5) is 0 Å². The third-order valence-electron chi connectivity index (χ3n) is 5.80. The minimum Gasteiger partial charge on any atom is -0.303 e. The number of sulfone groups is 1. The molecule has 4 aromatic rings. The van der Waals surface area contributed by atoms with Crippen LogP contribution in [0.15, 0.2) is 90.1 Å². The van der Waals surface area contributed by atoms with Crippen molar-refractivity contribution < 1.29 is 8.42 Å². The van der Waals surface area contributed by atoms with Gasteiger partial charge in [-0.3, -0.25) is 0 Å². The monoisotopic (exact) mass is 464 g/mol. The van der Waals surface area contributed by atoms with Crippen LogP contribution in [0, 0.1) is 0 Å². The van der Waals surface area contributed by atoms with Gasteiger partial charge in [0.1, 0.15) is 5.82 Å². The predicted molar refractivity (Wildman–Crippen MR) is 130 cm³/mol. The summed E-state index contributed by atoms with van der Waals surface area (Å²) in [4.78, 5) is 5.00. The Hall–Kier alpha value is -2.89. The van der Waals surface area contributed by atoms with Gasteiger partial charge in [-0.15, -0.1) is 0 Å². The molecular weight excluding hydrogens is 440 g/mol. The molecule has 4 nitrogen and oxygen atoms in total. The van der Waals surface area contributed by atoms with Crippen molar-refractivity contribution in [2.45, 2.75) is 31.1 Å². The van der Waals surface area contributed by atoms with E-state index < -0.39 is 15.3 Å². The summed E-state index contributed by atoms with van der Waals surface area (Å²) < 4.78 is 26.6. The van der Waals surface area contributed by atoms with Crippen LogP contribution < -0.4 is 0 Å². The van der Waals surface area contributed by atoms with Crippen molar-refractivity contribution in [1.29, 1.82) is 0 Å². The Balaban J connectivity index is 1.70. The summed E-state index contributed by atoms with van der Waals surface area (Å²) in [7, 11) is -3.25. The van der Waals surface area contributed by atoms with Gasteiger partial charge in [-0.05, 0) is 60.9 Å². The Morgan fingerprint density at radius 1 is 0.938 bits per heavy atom. The van der Waals surface area contributed by atoms with Crippen LogP contribution >= 0.6 is 11.6 Å². The molecule has 0 aliphatic carbocycles. The first kappa shape index (κ1) is 22.3. The Morgan fingerprint density at radius 3 is 2.34 bits per heavy atom. The lowest BCUT2D eigenvalue weighted by Crippen LogP contribution is -2.24. The molecule has 0 bridgehead atoms. The Labute approximate surface area is 194 Å². The smallest absolute Gasteiger partial charge is 0.178 e. The maximum atomic E-state index is 12.2. The fraction of sp³-hybridized carbons (Fsp3) is 0.192. The van der Waals surface area contributed by atoms with E-state index in [0.717, 1.165) is 28.2 Å².